The highest BCUT2D eigenvalue weighted by molar-refractivity contribution is 5.92. The van der Waals surface area contributed by atoms with Crippen molar-refractivity contribution in [2.24, 2.45) is 0 Å². The summed E-state index contributed by atoms with van der Waals surface area (Å²) in [5, 5.41) is 9.83. The normalized spacial score (nSPS) is 22.2. The molecule has 0 aliphatic carbocycles. The zero-order chi connectivity index (χ0) is 14.1. The molecular weight excluding hydrogens is 261 g/mol. The van der Waals surface area contributed by atoms with Gasteiger partial charge in [0.25, 0.3) is 5.91 Å². The van der Waals surface area contributed by atoms with Gasteiger partial charge in [0.2, 0.25) is 0 Å². The molecular formula is C15H14FNO3. The molecule has 4 nitrogen and oxygen atoms in total. The van der Waals surface area contributed by atoms with Crippen LogP contribution in [0.3, 0.4) is 0 Å². The van der Waals surface area contributed by atoms with Crippen LogP contribution < -0.4 is 0 Å². The second-order valence-electron chi connectivity index (χ2n) is 4.89. The topological polar surface area (TPSA) is 53.7 Å². The zero-order valence-electron chi connectivity index (χ0n) is 10.7. The van der Waals surface area contributed by atoms with Crippen molar-refractivity contribution in [3.63, 3.8) is 0 Å². The predicted molar refractivity (Wildman–Crippen MR) is 69.5 cm³/mol. The molecule has 0 spiro atoms. The van der Waals surface area contributed by atoms with Crippen molar-refractivity contribution in [2.75, 3.05) is 6.54 Å². The van der Waals surface area contributed by atoms with Crippen molar-refractivity contribution in [1.29, 1.82) is 0 Å². The monoisotopic (exact) mass is 275 g/mol. The number of benzene rings is 1. The van der Waals surface area contributed by atoms with Crippen LogP contribution in [0.4, 0.5) is 4.39 Å². The van der Waals surface area contributed by atoms with E-state index < -0.39 is 6.10 Å². The van der Waals surface area contributed by atoms with Gasteiger partial charge in [-0.15, -0.1) is 0 Å². The Morgan fingerprint density at radius 1 is 1.30 bits per heavy atom. The maximum absolute atomic E-state index is 13.0. The molecule has 2 aromatic rings. The summed E-state index contributed by atoms with van der Waals surface area (Å²) in [6.45, 7) is 0.252. The third-order valence-electron chi connectivity index (χ3n) is 3.53. The van der Waals surface area contributed by atoms with E-state index in [1.807, 2.05) is 0 Å². The SMILES string of the molecule is O=C(c1ccco1)N1C[C@@H](O)C[C@H]1c1ccc(F)cc1. The standard InChI is InChI=1S/C15H14FNO3/c16-11-5-3-10(4-6-11)13-8-12(18)9-17(13)15(19)14-2-1-7-20-14/h1-7,12-13,18H,8-9H2/t12-,13-/m0/s1. The van der Waals surface area contributed by atoms with Crippen molar-refractivity contribution < 1.29 is 18.7 Å². The molecule has 1 aromatic carbocycles. The Hall–Kier alpha value is -2.14. The maximum atomic E-state index is 13.0. The number of β-amino-alcohol motifs (C(OH)–C–C–N with tert-alkyl or cyclic N) is 1. The van der Waals surface area contributed by atoms with Crippen LogP contribution >= 0.6 is 0 Å². The van der Waals surface area contributed by atoms with Gasteiger partial charge in [0.05, 0.1) is 18.4 Å². The Morgan fingerprint density at radius 3 is 2.70 bits per heavy atom. The summed E-state index contributed by atoms with van der Waals surface area (Å²) in [6.07, 6.45) is 1.30. The van der Waals surface area contributed by atoms with Crippen molar-refractivity contribution in [2.45, 2.75) is 18.6 Å². The van der Waals surface area contributed by atoms with Gasteiger partial charge in [-0.1, -0.05) is 12.1 Å². The first-order valence-electron chi connectivity index (χ1n) is 6.43. The van der Waals surface area contributed by atoms with Gasteiger partial charge in [-0.05, 0) is 36.2 Å². The molecule has 0 bridgehead atoms. The molecule has 1 N–H and O–H groups in total. The number of amides is 1. The molecule has 0 saturated carbocycles. The number of aliphatic hydroxyl groups is 1. The average Bonchev–Trinajstić information content (AvgIpc) is 3.08. The summed E-state index contributed by atoms with van der Waals surface area (Å²) in [5.74, 6) is -0.344. The minimum atomic E-state index is -0.580. The van der Waals surface area contributed by atoms with Crippen LogP contribution in [0.2, 0.25) is 0 Å². The lowest BCUT2D eigenvalue weighted by Crippen LogP contribution is -2.31. The first-order chi connectivity index (χ1) is 9.65. The number of rotatable bonds is 2. The Morgan fingerprint density at radius 2 is 2.05 bits per heavy atom. The first kappa shape index (κ1) is 12.9. The number of carbonyl (C=O) groups excluding carboxylic acids is 1. The van der Waals surface area contributed by atoms with Gasteiger partial charge in [-0.3, -0.25) is 4.79 Å². The lowest BCUT2D eigenvalue weighted by molar-refractivity contribution is 0.0683. The Kier molecular flexibility index (Phi) is 3.28. The number of likely N-dealkylation sites (tertiary alicyclic amines) is 1. The van der Waals surface area contributed by atoms with E-state index in [9.17, 15) is 14.3 Å². The number of hydrogen-bond donors (Lipinski definition) is 1. The summed E-state index contributed by atoms with van der Waals surface area (Å²) < 4.78 is 18.1. The molecule has 2 heterocycles. The highest BCUT2D eigenvalue weighted by Gasteiger charge is 2.36. The van der Waals surface area contributed by atoms with Gasteiger partial charge in [0.1, 0.15) is 5.82 Å². The van der Waals surface area contributed by atoms with Crippen LogP contribution in [-0.4, -0.2) is 28.6 Å². The molecule has 3 rings (SSSR count). The number of hydrogen-bond acceptors (Lipinski definition) is 3. The van der Waals surface area contributed by atoms with Crippen molar-refractivity contribution in [3.05, 3.63) is 59.8 Å². The molecule has 1 aromatic heterocycles. The van der Waals surface area contributed by atoms with Gasteiger partial charge in [-0.2, -0.15) is 0 Å². The lowest BCUT2D eigenvalue weighted by atomic mass is 10.0. The fourth-order valence-electron chi connectivity index (χ4n) is 2.58. The van der Waals surface area contributed by atoms with Crippen molar-refractivity contribution in [3.8, 4) is 0 Å². The minimum Gasteiger partial charge on any atom is -0.459 e. The van der Waals surface area contributed by atoms with E-state index in [2.05, 4.69) is 0 Å². The van der Waals surface area contributed by atoms with E-state index in [0.717, 1.165) is 5.56 Å². The van der Waals surface area contributed by atoms with Gasteiger partial charge in [-0.25, -0.2) is 4.39 Å². The Labute approximate surface area is 115 Å². The predicted octanol–water partition coefficient (Wildman–Crippen LogP) is 2.37. The smallest absolute Gasteiger partial charge is 0.290 e. The largest absolute Gasteiger partial charge is 0.459 e. The van der Waals surface area contributed by atoms with Gasteiger partial charge in [0.15, 0.2) is 5.76 Å². The molecule has 5 heteroatoms. The van der Waals surface area contributed by atoms with E-state index in [4.69, 9.17) is 4.42 Å². The molecule has 1 aliphatic rings. The summed E-state index contributed by atoms with van der Waals surface area (Å²) in [6, 6.07) is 8.97. The molecule has 1 aliphatic heterocycles. The summed E-state index contributed by atoms with van der Waals surface area (Å²) in [7, 11) is 0. The molecule has 104 valence electrons. The number of aliphatic hydroxyl groups excluding tert-OH is 1. The number of carbonyl (C=O) groups is 1. The van der Waals surface area contributed by atoms with Crippen LogP contribution in [0.15, 0.2) is 47.1 Å². The van der Waals surface area contributed by atoms with Crippen LogP contribution in [0.25, 0.3) is 0 Å². The van der Waals surface area contributed by atoms with E-state index in [1.165, 1.54) is 18.4 Å². The van der Waals surface area contributed by atoms with E-state index in [0.29, 0.717) is 6.42 Å². The van der Waals surface area contributed by atoms with Gasteiger partial charge in [0, 0.05) is 6.54 Å². The van der Waals surface area contributed by atoms with Crippen LogP contribution in [0.5, 0.6) is 0 Å². The Bertz CT molecular complexity index is 594. The molecule has 0 unspecified atom stereocenters. The molecule has 1 saturated heterocycles. The lowest BCUT2D eigenvalue weighted by Gasteiger charge is -2.23. The average molecular weight is 275 g/mol. The number of halogens is 1. The molecule has 2 atom stereocenters. The highest BCUT2D eigenvalue weighted by atomic mass is 19.1. The fourth-order valence-corrected chi connectivity index (χ4v) is 2.58. The fraction of sp³-hybridized carbons (Fsp3) is 0.267. The van der Waals surface area contributed by atoms with E-state index in [-0.39, 0.29) is 30.1 Å². The third-order valence-corrected chi connectivity index (χ3v) is 3.53. The minimum absolute atomic E-state index is 0.242. The van der Waals surface area contributed by atoms with Crippen LogP contribution in [-0.2, 0) is 0 Å². The molecule has 0 radical (unpaired) electrons. The van der Waals surface area contributed by atoms with Crippen molar-refractivity contribution >= 4 is 5.91 Å². The molecule has 1 fully saturated rings. The second kappa shape index (κ2) is 5.09. The van der Waals surface area contributed by atoms with Crippen molar-refractivity contribution in [1.82, 2.24) is 4.90 Å². The maximum Gasteiger partial charge on any atom is 0.290 e. The quantitative estimate of drug-likeness (QED) is 0.915. The van der Waals surface area contributed by atoms with Gasteiger partial charge < -0.3 is 14.4 Å². The summed E-state index contributed by atoms with van der Waals surface area (Å²) in [4.78, 5) is 13.9. The summed E-state index contributed by atoms with van der Waals surface area (Å²) >= 11 is 0. The van der Waals surface area contributed by atoms with Crippen LogP contribution in [0.1, 0.15) is 28.6 Å². The summed E-state index contributed by atoms with van der Waals surface area (Å²) in [5.41, 5.74) is 0.808. The van der Waals surface area contributed by atoms with E-state index in [1.54, 1.807) is 29.2 Å². The number of nitrogens with zero attached hydrogens (tertiary/aromatic N) is 1. The first-order valence-corrected chi connectivity index (χ1v) is 6.43. The van der Waals surface area contributed by atoms with Gasteiger partial charge >= 0.3 is 0 Å². The second-order valence-corrected chi connectivity index (χ2v) is 4.89. The highest BCUT2D eigenvalue weighted by Crippen LogP contribution is 2.33. The third kappa shape index (κ3) is 2.32. The number of furan rings is 1. The zero-order valence-corrected chi connectivity index (χ0v) is 10.7. The van der Waals surface area contributed by atoms with E-state index >= 15 is 0 Å². The molecule has 20 heavy (non-hydrogen) atoms. The van der Waals surface area contributed by atoms with Crippen LogP contribution in [0, 0.1) is 5.82 Å². The Balaban J connectivity index is 1.89. The molecule has 1 amide bonds.